The Kier molecular flexibility index (Phi) is 5.65. The third kappa shape index (κ3) is 3.71. The van der Waals surface area contributed by atoms with E-state index in [1.807, 2.05) is 12.4 Å². The predicted molar refractivity (Wildman–Crippen MR) is 200 cm³/mol. The molecule has 3 aliphatic rings. The van der Waals surface area contributed by atoms with Gasteiger partial charge in [-0.15, -0.1) is 0 Å². The van der Waals surface area contributed by atoms with Crippen molar-refractivity contribution >= 4 is 56.0 Å². The monoisotopic (exact) mass is 617 g/mol. The van der Waals surface area contributed by atoms with Crippen LogP contribution in [0, 0.1) is 0 Å². The number of nitrogens with zero attached hydrogens (tertiary/aromatic N) is 4. The zero-order chi connectivity index (χ0) is 32.0. The van der Waals surface area contributed by atoms with Gasteiger partial charge >= 0.3 is 0 Å². The molecule has 0 amide bonds. The summed E-state index contributed by atoms with van der Waals surface area (Å²) >= 11 is 0. The number of hydrogen-bond acceptors (Lipinski definition) is 2. The molecule has 48 heavy (non-hydrogen) atoms. The first kappa shape index (κ1) is 27.1. The van der Waals surface area contributed by atoms with Crippen LogP contribution in [0.5, 0.6) is 0 Å². The minimum absolute atomic E-state index is 0.0875. The minimum Gasteiger partial charge on any atom is -0.318 e. The maximum Gasteiger partial charge on any atom is 0.236 e. The minimum atomic E-state index is -0.191. The summed E-state index contributed by atoms with van der Waals surface area (Å²) < 4.78 is 4.96. The van der Waals surface area contributed by atoms with Gasteiger partial charge in [-0.3, -0.25) is 4.98 Å². The summed E-state index contributed by atoms with van der Waals surface area (Å²) in [5, 5.41) is 2.40. The molecular weight excluding hydrogens is 585 g/mol. The number of rotatable bonds is 3. The van der Waals surface area contributed by atoms with Crippen LogP contribution in [0.4, 0.5) is 28.4 Å². The van der Waals surface area contributed by atoms with Crippen molar-refractivity contribution in [3.05, 3.63) is 169 Å². The van der Waals surface area contributed by atoms with Gasteiger partial charge in [0.15, 0.2) is 0 Å². The van der Waals surface area contributed by atoms with E-state index in [1.165, 1.54) is 72.5 Å². The molecule has 1 aliphatic carbocycles. The second-order valence-electron chi connectivity index (χ2n) is 13.5. The number of para-hydroxylation sites is 3. The Labute approximate surface area is 279 Å². The summed E-state index contributed by atoms with van der Waals surface area (Å²) in [5.41, 5.74) is 14.5. The largest absolute Gasteiger partial charge is 0.318 e. The average Bonchev–Trinajstić information content (AvgIpc) is 3.48. The molecule has 0 bridgehead atoms. The maximum atomic E-state index is 4.61. The lowest BCUT2D eigenvalue weighted by atomic mass is 9.73. The van der Waals surface area contributed by atoms with Crippen molar-refractivity contribution in [3.8, 4) is 11.1 Å². The molecule has 0 radical (unpaired) electrons. The molecule has 0 spiro atoms. The van der Waals surface area contributed by atoms with E-state index in [9.17, 15) is 0 Å². The molecule has 5 aromatic carbocycles. The van der Waals surface area contributed by atoms with Crippen molar-refractivity contribution in [2.24, 2.45) is 0 Å². The second kappa shape index (κ2) is 10.00. The highest BCUT2D eigenvalue weighted by molar-refractivity contribution is 6.18. The molecule has 2 aromatic heterocycles. The normalized spacial score (nSPS) is 17.0. The lowest BCUT2D eigenvalue weighted by molar-refractivity contribution is 0.632. The Morgan fingerprint density at radius 2 is 1.46 bits per heavy atom. The van der Waals surface area contributed by atoms with Crippen LogP contribution < -0.4 is 9.48 Å². The van der Waals surface area contributed by atoms with E-state index in [4.69, 9.17) is 0 Å². The number of anilines is 3. The van der Waals surface area contributed by atoms with E-state index in [-0.39, 0.29) is 11.5 Å². The van der Waals surface area contributed by atoms with Crippen LogP contribution in [-0.4, -0.2) is 15.3 Å². The van der Waals surface area contributed by atoms with Gasteiger partial charge < -0.3 is 9.47 Å². The maximum absolute atomic E-state index is 4.61. The van der Waals surface area contributed by atoms with Crippen LogP contribution in [0.3, 0.4) is 0 Å². The average molecular weight is 618 g/mol. The molecule has 4 heterocycles. The Hall–Kier alpha value is -6.00. The standard InChI is InChI=1S/C44H33N4/c1-44(2)35-17-9-10-18-38(35)46(31-13-5-3-6-14-31)39-22-21-29(26-36(39)44)30-25-33-34-28-45-24-23-37(34)48-41-20-12-11-19-40(41)47(42(27-30)43(33)48)32-15-7-4-8-16-32/h3-28,41H,1-2H3/q+1. The number of pyridine rings is 1. The van der Waals surface area contributed by atoms with Crippen LogP contribution in [0.15, 0.2) is 158 Å². The number of aromatic nitrogens is 2. The molecule has 1 unspecified atom stereocenters. The second-order valence-corrected chi connectivity index (χ2v) is 13.5. The number of allylic oxidation sites excluding steroid dienone is 4. The molecule has 0 fully saturated rings. The molecule has 2 aliphatic heterocycles. The van der Waals surface area contributed by atoms with Crippen molar-refractivity contribution in [1.29, 1.82) is 0 Å². The van der Waals surface area contributed by atoms with Crippen molar-refractivity contribution in [3.63, 3.8) is 0 Å². The summed E-state index contributed by atoms with van der Waals surface area (Å²) in [6.07, 6.45) is 12.8. The van der Waals surface area contributed by atoms with Gasteiger partial charge in [0.25, 0.3) is 0 Å². The van der Waals surface area contributed by atoms with Gasteiger partial charge in [-0.05, 0) is 64.7 Å². The Morgan fingerprint density at radius 1 is 0.688 bits per heavy atom. The van der Waals surface area contributed by atoms with Gasteiger partial charge in [-0.1, -0.05) is 92.7 Å². The van der Waals surface area contributed by atoms with E-state index in [2.05, 4.69) is 179 Å². The highest BCUT2D eigenvalue weighted by Gasteiger charge is 2.39. The fourth-order valence-electron chi connectivity index (χ4n) is 8.32. The van der Waals surface area contributed by atoms with Crippen LogP contribution >= 0.6 is 0 Å². The van der Waals surface area contributed by atoms with E-state index < -0.39 is 0 Å². The highest BCUT2D eigenvalue weighted by Crippen LogP contribution is 2.53. The van der Waals surface area contributed by atoms with Gasteiger partial charge in [-0.2, -0.15) is 4.58 Å². The topological polar surface area (TPSA) is 24.1 Å². The van der Waals surface area contributed by atoms with Crippen molar-refractivity contribution in [1.82, 2.24) is 14.1 Å². The Bertz CT molecular complexity index is 2530. The smallest absolute Gasteiger partial charge is 0.236 e. The first-order chi connectivity index (χ1) is 23.6. The fourth-order valence-corrected chi connectivity index (χ4v) is 8.32. The number of hydrogen-bond donors (Lipinski definition) is 0. The molecule has 1 atom stereocenters. The number of fused-ring (bicyclic) bond motifs is 7. The summed E-state index contributed by atoms with van der Waals surface area (Å²) in [6, 6.07) is 44.5. The first-order valence-corrected chi connectivity index (χ1v) is 16.7. The molecule has 7 aromatic rings. The van der Waals surface area contributed by atoms with Crippen LogP contribution in [0.25, 0.3) is 32.9 Å². The summed E-state index contributed by atoms with van der Waals surface area (Å²) in [6.45, 7) is 4.72. The summed E-state index contributed by atoms with van der Waals surface area (Å²) in [7, 11) is 0. The van der Waals surface area contributed by atoms with Crippen LogP contribution in [0.1, 0.15) is 31.0 Å². The summed E-state index contributed by atoms with van der Waals surface area (Å²) in [4.78, 5) is 7.03. The summed E-state index contributed by atoms with van der Waals surface area (Å²) in [5.74, 6) is 0. The van der Waals surface area contributed by atoms with E-state index >= 15 is 0 Å². The zero-order valence-electron chi connectivity index (χ0n) is 26.9. The van der Waals surface area contributed by atoms with E-state index in [0.717, 1.165) is 5.69 Å². The fraction of sp³-hybridized carbons (Fsp3) is 0.0909. The van der Waals surface area contributed by atoms with Gasteiger partial charge in [0.1, 0.15) is 11.6 Å². The molecule has 0 N–H and O–H groups in total. The predicted octanol–water partition coefficient (Wildman–Crippen LogP) is 10.9. The SMILES string of the molecule is CC1(C)c2ccccc2N(c2ccccc2)c2ccc(-c3cc4c5c(c3)c3cnccc3n5C3C=CC=CC3=[N+]4c3ccccc3)cc21. The lowest BCUT2D eigenvalue weighted by Gasteiger charge is -2.42. The van der Waals surface area contributed by atoms with Crippen LogP contribution in [0.2, 0.25) is 0 Å². The first-order valence-electron chi connectivity index (χ1n) is 16.7. The van der Waals surface area contributed by atoms with Crippen molar-refractivity contribution < 1.29 is 0 Å². The molecule has 4 nitrogen and oxygen atoms in total. The van der Waals surface area contributed by atoms with Crippen molar-refractivity contribution in [2.75, 3.05) is 4.90 Å². The van der Waals surface area contributed by atoms with Gasteiger partial charge in [-0.25, -0.2) is 0 Å². The van der Waals surface area contributed by atoms with E-state index in [0.29, 0.717) is 0 Å². The Balaban J connectivity index is 1.25. The highest BCUT2D eigenvalue weighted by atomic mass is 15.2. The van der Waals surface area contributed by atoms with Gasteiger partial charge in [0, 0.05) is 58.5 Å². The Morgan fingerprint density at radius 3 is 2.31 bits per heavy atom. The van der Waals surface area contributed by atoms with Crippen LogP contribution in [-0.2, 0) is 5.41 Å². The quantitative estimate of drug-likeness (QED) is 0.184. The van der Waals surface area contributed by atoms with E-state index in [1.54, 1.807) is 0 Å². The molecule has 4 heteroatoms. The molecule has 0 saturated carbocycles. The zero-order valence-corrected chi connectivity index (χ0v) is 26.9. The van der Waals surface area contributed by atoms with Gasteiger partial charge in [0.05, 0.1) is 16.9 Å². The molecule has 228 valence electrons. The molecular formula is C44H33N4+. The van der Waals surface area contributed by atoms with Crippen molar-refractivity contribution in [2.45, 2.75) is 25.3 Å². The third-order valence-electron chi connectivity index (χ3n) is 10.5. The molecule has 10 rings (SSSR count). The third-order valence-corrected chi connectivity index (χ3v) is 10.5. The molecule has 0 saturated heterocycles. The van der Waals surface area contributed by atoms with Gasteiger partial charge in [0.2, 0.25) is 17.1 Å². The number of benzene rings is 5. The lowest BCUT2D eigenvalue weighted by Crippen LogP contribution is -2.30.